The molecule has 0 saturated carbocycles. The molecular weight excluding hydrogens is 414 g/mol. The molecule has 2 aromatic carbocycles. The molecule has 9 heteroatoms. The molecule has 1 aliphatic rings. The van der Waals surface area contributed by atoms with E-state index in [1.807, 2.05) is 53.1 Å². The first kappa shape index (κ1) is 19.6. The maximum Gasteiger partial charge on any atom is 0.237 e. The predicted molar refractivity (Wildman–Crippen MR) is 115 cm³/mol. The molecule has 31 heavy (non-hydrogen) atoms. The lowest BCUT2D eigenvalue weighted by atomic mass is 10.2. The molecule has 0 unspecified atom stereocenters. The van der Waals surface area contributed by atoms with Crippen molar-refractivity contribution in [1.82, 2.24) is 24.9 Å². The minimum absolute atomic E-state index is 0.232. The van der Waals surface area contributed by atoms with Gasteiger partial charge in [-0.2, -0.15) is 4.98 Å². The van der Waals surface area contributed by atoms with Gasteiger partial charge in [0.15, 0.2) is 28.3 Å². The third-order valence-electron chi connectivity index (χ3n) is 4.87. The molecule has 158 valence electrons. The minimum atomic E-state index is 0.232. The lowest BCUT2D eigenvalue weighted by Gasteiger charge is -2.10. The van der Waals surface area contributed by atoms with E-state index in [4.69, 9.17) is 14.0 Å². The Kier molecular flexibility index (Phi) is 5.57. The molecule has 0 saturated heterocycles. The molecule has 0 radical (unpaired) electrons. The number of benzene rings is 2. The van der Waals surface area contributed by atoms with Crippen LogP contribution in [-0.2, 0) is 12.2 Å². The number of hydrogen-bond acceptors (Lipinski definition) is 8. The molecule has 5 rings (SSSR count). The van der Waals surface area contributed by atoms with Crippen molar-refractivity contribution in [3.63, 3.8) is 0 Å². The Morgan fingerprint density at radius 3 is 2.77 bits per heavy atom. The number of aryl methyl sites for hydroxylation is 1. The van der Waals surface area contributed by atoms with Gasteiger partial charge in [-0.1, -0.05) is 48.5 Å². The Labute approximate surface area is 183 Å². The van der Waals surface area contributed by atoms with Gasteiger partial charge in [-0.25, -0.2) is 0 Å². The normalized spacial score (nSPS) is 12.4. The quantitative estimate of drug-likeness (QED) is 0.369. The first-order chi connectivity index (χ1) is 15.3. The van der Waals surface area contributed by atoms with Crippen LogP contribution in [-0.4, -0.2) is 31.7 Å². The summed E-state index contributed by atoms with van der Waals surface area (Å²) >= 11 is 1.51. The fraction of sp³-hybridized carbons (Fsp3) is 0.273. The molecule has 4 aromatic rings. The third-order valence-corrected chi connectivity index (χ3v) is 5.78. The van der Waals surface area contributed by atoms with Crippen molar-refractivity contribution >= 4 is 11.8 Å². The summed E-state index contributed by atoms with van der Waals surface area (Å²) in [5.41, 5.74) is 1.86. The highest BCUT2D eigenvalue weighted by molar-refractivity contribution is 7.98. The summed E-state index contributed by atoms with van der Waals surface area (Å²) in [7, 11) is 0. The maximum atomic E-state index is 5.54. The molecule has 0 amide bonds. The van der Waals surface area contributed by atoms with Crippen molar-refractivity contribution in [3.05, 3.63) is 60.2 Å². The van der Waals surface area contributed by atoms with E-state index in [2.05, 4.69) is 27.3 Å². The van der Waals surface area contributed by atoms with Gasteiger partial charge in [-0.3, -0.25) is 4.57 Å². The van der Waals surface area contributed by atoms with Crippen LogP contribution in [0.2, 0.25) is 0 Å². The highest BCUT2D eigenvalue weighted by Gasteiger charge is 2.20. The second kappa shape index (κ2) is 8.81. The summed E-state index contributed by atoms with van der Waals surface area (Å²) < 4.78 is 18.4. The third kappa shape index (κ3) is 4.13. The van der Waals surface area contributed by atoms with Crippen LogP contribution in [0.1, 0.15) is 31.5 Å². The van der Waals surface area contributed by atoms with Gasteiger partial charge in [0.05, 0.1) is 5.75 Å². The van der Waals surface area contributed by atoms with Crippen LogP contribution in [0.3, 0.4) is 0 Å². The number of para-hydroxylation sites is 1. The van der Waals surface area contributed by atoms with Gasteiger partial charge in [-0.05, 0) is 36.8 Å². The molecule has 8 nitrogen and oxygen atoms in total. The zero-order valence-corrected chi connectivity index (χ0v) is 17.8. The topological polar surface area (TPSA) is 88.1 Å². The monoisotopic (exact) mass is 435 g/mol. The van der Waals surface area contributed by atoms with Crippen molar-refractivity contribution < 1.29 is 14.0 Å². The van der Waals surface area contributed by atoms with Crippen LogP contribution in [0.5, 0.6) is 11.5 Å². The molecule has 2 aromatic heterocycles. The molecule has 0 spiro atoms. The zero-order valence-electron chi connectivity index (χ0n) is 17.0. The molecule has 3 heterocycles. The van der Waals surface area contributed by atoms with E-state index in [0.717, 1.165) is 53.1 Å². The molecule has 0 bridgehead atoms. The van der Waals surface area contributed by atoms with E-state index in [-0.39, 0.29) is 6.79 Å². The number of rotatable bonds is 8. The van der Waals surface area contributed by atoms with Crippen LogP contribution < -0.4 is 9.47 Å². The number of aromatic nitrogens is 5. The van der Waals surface area contributed by atoms with E-state index >= 15 is 0 Å². The number of unbranched alkanes of at least 4 members (excludes halogenated alkanes) is 1. The van der Waals surface area contributed by atoms with E-state index in [1.165, 1.54) is 11.8 Å². The van der Waals surface area contributed by atoms with Crippen molar-refractivity contribution in [1.29, 1.82) is 0 Å². The lowest BCUT2D eigenvalue weighted by molar-refractivity contribution is 0.174. The summed E-state index contributed by atoms with van der Waals surface area (Å²) in [6.45, 7) is 2.38. The van der Waals surface area contributed by atoms with Gasteiger partial charge >= 0.3 is 0 Å². The molecule has 0 atom stereocenters. The second-order valence-corrected chi connectivity index (χ2v) is 7.98. The largest absolute Gasteiger partial charge is 0.454 e. The van der Waals surface area contributed by atoms with E-state index in [0.29, 0.717) is 17.4 Å². The number of ether oxygens (including phenoxy) is 2. The Morgan fingerprint density at radius 2 is 1.90 bits per heavy atom. The van der Waals surface area contributed by atoms with E-state index in [1.54, 1.807) is 0 Å². The number of nitrogens with zero attached hydrogens (tertiary/aromatic N) is 5. The van der Waals surface area contributed by atoms with Crippen LogP contribution in [0.25, 0.3) is 17.1 Å². The van der Waals surface area contributed by atoms with Crippen molar-refractivity contribution in [3.8, 4) is 28.6 Å². The Morgan fingerprint density at radius 1 is 1.03 bits per heavy atom. The standard InChI is InChI=1S/C22H21N5O3S/c1-2-3-9-19-23-20(30-26-19)13-31-22-25-24-21(27(22)16-7-5-4-6-8-16)15-10-11-17-18(12-15)29-14-28-17/h4-8,10-12H,2-3,9,13-14H2,1H3. The highest BCUT2D eigenvalue weighted by Crippen LogP contribution is 2.37. The van der Waals surface area contributed by atoms with Crippen molar-refractivity contribution in [2.45, 2.75) is 37.1 Å². The summed E-state index contributed by atoms with van der Waals surface area (Å²) in [6.07, 6.45) is 2.98. The number of hydrogen-bond donors (Lipinski definition) is 0. The number of fused-ring (bicyclic) bond motifs is 1. The Balaban J connectivity index is 1.44. The highest BCUT2D eigenvalue weighted by atomic mass is 32.2. The maximum absolute atomic E-state index is 5.54. The molecular formula is C22H21N5O3S. The summed E-state index contributed by atoms with van der Waals surface area (Å²) in [6, 6.07) is 15.8. The van der Waals surface area contributed by atoms with Crippen molar-refractivity contribution in [2.24, 2.45) is 0 Å². The molecule has 1 aliphatic heterocycles. The lowest BCUT2D eigenvalue weighted by Crippen LogP contribution is -1.99. The van der Waals surface area contributed by atoms with Gasteiger partial charge in [0.1, 0.15) is 0 Å². The van der Waals surface area contributed by atoms with E-state index < -0.39 is 0 Å². The molecule has 0 fully saturated rings. The fourth-order valence-corrected chi connectivity index (χ4v) is 4.10. The van der Waals surface area contributed by atoms with Crippen LogP contribution in [0.4, 0.5) is 0 Å². The SMILES string of the molecule is CCCCc1noc(CSc2nnc(-c3ccc4c(c3)OCO4)n2-c2ccccc2)n1. The summed E-state index contributed by atoms with van der Waals surface area (Å²) in [5, 5.41) is 13.7. The van der Waals surface area contributed by atoms with Gasteiger partial charge in [0.25, 0.3) is 0 Å². The fourth-order valence-electron chi connectivity index (χ4n) is 3.31. The summed E-state index contributed by atoms with van der Waals surface area (Å²) in [4.78, 5) is 4.48. The molecule has 0 aliphatic carbocycles. The average molecular weight is 436 g/mol. The van der Waals surface area contributed by atoms with Crippen LogP contribution in [0.15, 0.2) is 58.2 Å². The predicted octanol–water partition coefficient (Wildman–Crippen LogP) is 4.68. The Bertz CT molecular complexity index is 1180. The molecule has 0 N–H and O–H groups in total. The first-order valence-electron chi connectivity index (χ1n) is 10.2. The zero-order chi connectivity index (χ0) is 21.0. The van der Waals surface area contributed by atoms with Gasteiger partial charge in [0.2, 0.25) is 12.7 Å². The van der Waals surface area contributed by atoms with Gasteiger partial charge < -0.3 is 14.0 Å². The van der Waals surface area contributed by atoms with Gasteiger partial charge in [0, 0.05) is 17.7 Å². The second-order valence-electron chi connectivity index (χ2n) is 7.04. The smallest absolute Gasteiger partial charge is 0.237 e. The average Bonchev–Trinajstić information content (AvgIpc) is 3.55. The minimum Gasteiger partial charge on any atom is -0.454 e. The number of thioether (sulfide) groups is 1. The first-order valence-corrected chi connectivity index (χ1v) is 11.2. The van der Waals surface area contributed by atoms with Gasteiger partial charge in [-0.15, -0.1) is 10.2 Å². The van der Waals surface area contributed by atoms with Crippen molar-refractivity contribution in [2.75, 3.05) is 6.79 Å². The van der Waals surface area contributed by atoms with Crippen LogP contribution in [0, 0.1) is 0 Å². The van der Waals surface area contributed by atoms with Crippen LogP contribution >= 0.6 is 11.8 Å². The van der Waals surface area contributed by atoms with E-state index in [9.17, 15) is 0 Å². The Hall–Kier alpha value is -3.33. The summed E-state index contributed by atoms with van der Waals surface area (Å²) in [5.74, 6) is 4.03.